The van der Waals surface area contributed by atoms with E-state index in [9.17, 15) is 4.79 Å². The lowest BCUT2D eigenvalue weighted by Gasteiger charge is -2.27. The highest BCUT2D eigenvalue weighted by Crippen LogP contribution is 2.21. The summed E-state index contributed by atoms with van der Waals surface area (Å²) in [6.45, 7) is 5.26. The molecule has 1 aliphatic rings. The van der Waals surface area contributed by atoms with E-state index in [0.717, 1.165) is 25.0 Å². The number of H-pyrrole nitrogens is 1. The minimum Gasteiger partial charge on any atom is -0.447 e. The molecule has 7 nitrogen and oxygen atoms in total. The van der Waals surface area contributed by atoms with Crippen LogP contribution in [0.1, 0.15) is 23.4 Å². The number of amides is 1. The Morgan fingerprint density at radius 3 is 3.11 bits per heavy atom. The van der Waals surface area contributed by atoms with Gasteiger partial charge in [0, 0.05) is 13.1 Å². The number of piperidine rings is 1. The Kier molecular flexibility index (Phi) is 2.86. The summed E-state index contributed by atoms with van der Waals surface area (Å²) in [7, 11) is 0. The molecular weight excluding hydrogens is 246 g/mol. The van der Waals surface area contributed by atoms with Gasteiger partial charge in [0.1, 0.15) is 0 Å². The lowest BCUT2D eigenvalue weighted by atomic mass is 10.1. The third-order valence-electron chi connectivity index (χ3n) is 3.04. The van der Waals surface area contributed by atoms with Crippen molar-refractivity contribution in [2.24, 2.45) is 0 Å². The molecule has 0 spiro atoms. The van der Waals surface area contributed by atoms with Crippen LogP contribution in [0.5, 0.6) is 0 Å². The predicted molar refractivity (Wildman–Crippen MR) is 66.2 cm³/mol. The molecule has 0 aromatic carbocycles. The molecule has 1 aliphatic heterocycles. The van der Waals surface area contributed by atoms with Crippen LogP contribution in [0.2, 0.25) is 0 Å². The van der Waals surface area contributed by atoms with E-state index in [0.29, 0.717) is 18.1 Å². The number of hydrogen-bond acceptors (Lipinski definition) is 5. The van der Waals surface area contributed by atoms with Crippen molar-refractivity contribution in [1.29, 1.82) is 0 Å². The van der Waals surface area contributed by atoms with Gasteiger partial charge in [0.05, 0.1) is 0 Å². The third kappa shape index (κ3) is 2.26. The first-order valence-electron chi connectivity index (χ1n) is 6.03. The SMILES string of the molecule is C=C1CCCN(C(=O)c2ccc(-c3nn[nH]n3)o2)C1. The van der Waals surface area contributed by atoms with Crippen molar-refractivity contribution in [2.45, 2.75) is 12.8 Å². The fourth-order valence-electron chi connectivity index (χ4n) is 2.12. The number of carbonyl (C=O) groups excluding carboxylic acids is 1. The zero-order valence-electron chi connectivity index (χ0n) is 10.3. The van der Waals surface area contributed by atoms with Crippen molar-refractivity contribution in [1.82, 2.24) is 25.5 Å². The Labute approximate surface area is 109 Å². The number of aromatic amines is 1. The van der Waals surface area contributed by atoms with Crippen LogP contribution in [0.3, 0.4) is 0 Å². The van der Waals surface area contributed by atoms with Crippen LogP contribution in [-0.4, -0.2) is 44.5 Å². The summed E-state index contributed by atoms with van der Waals surface area (Å²) in [5.74, 6) is 0.917. The van der Waals surface area contributed by atoms with E-state index in [2.05, 4.69) is 27.2 Å². The topological polar surface area (TPSA) is 87.9 Å². The Balaban J connectivity index is 1.79. The smallest absolute Gasteiger partial charge is 0.289 e. The molecule has 0 bridgehead atoms. The number of nitrogens with zero attached hydrogens (tertiary/aromatic N) is 4. The molecule has 2 aromatic rings. The van der Waals surface area contributed by atoms with Gasteiger partial charge in [0.25, 0.3) is 5.91 Å². The van der Waals surface area contributed by atoms with Gasteiger partial charge in [-0.2, -0.15) is 5.21 Å². The average Bonchev–Trinajstić information content (AvgIpc) is 3.08. The van der Waals surface area contributed by atoms with Gasteiger partial charge in [-0.3, -0.25) is 4.79 Å². The molecule has 1 saturated heterocycles. The summed E-state index contributed by atoms with van der Waals surface area (Å²) < 4.78 is 5.47. The lowest BCUT2D eigenvalue weighted by Crippen LogP contribution is -2.36. The van der Waals surface area contributed by atoms with Crippen molar-refractivity contribution in [3.05, 3.63) is 30.0 Å². The van der Waals surface area contributed by atoms with Crippen molar-refractivity contribution >= 4 is 5.91 Å². The maximum Gasteiger partial charge on any atom is 0.289 e. The average molecular weight is 259 g/mol. The number of nitrogens with one attached hydrogen (secondary N) is 1. The predicted octanol–water partition coefficient (Wildman–Crippen LogP) is 1.25. The number of aromatic nitrogens is 4. The maximum absolute atomic E-state index is 12.3. The zero-order valence-corrected chi connectivity index (χ0v) is 10.3. The maximum atomic E-state index is 12.3. The fourth-order valence-corrected chi connectivity index (χ4v) is 2.12. The number of furan rings is 1. The van der Waals surface area contributed by atoms with Crippen molar-refractivity contribution in [2.75, 3.05) is 13.1 Å². The second-order valence-corrected chi connectivity index (χ2v) is 4.48. The van der Waals surface area contributed by atoms with Gasteiger partial charge < -0.3 is 9.32 Å². The van der Waals surface area contributed by atoms with Gasteiger partial charge in [0.15, 0.2) is 11.5 Å². The molecule has 1 N–H and O–H groups in total. The number of carbonyl (C=O) groups is 1. The first-order chi connectivity index (χ1) is 9.24. The summed E-state index contributed by atoms with van der Waals surface area (Å²) in [5.41, 5.74) is 1.07. The summed E-state index contributed by atoms with van der Waals surface area (Å²) in [6, 6.07) is 3.29. The van der Waals surface area contributed by atoms with Crippen molar-refractivity contribution < 1.29 is 9.21 Å². The van der Waals surface area contributed by atoms with Gasteiger partial charge in [-0.05, 0) is 30.2 Å². The fraction of sp³-hybridized carbons (Fsp3) is 0.333. The van der Waals surface area contributed by atoms with Crippen LogP contribution in [0.4, 0.5) is 0 Å². The van der Waals surface area contributed by atoms with E-state index in [1.54, 1.807) is 17.0 Å². The zero-order chi connectivity index (χ0) is 13.2. The standard InChI is InChI=1S/C12H13N5O2/c1-8-3-2-6-17(7-8)12(18)10-5-4-9(19-10)11-13-15-16-14-11/h4-5H,1-3,6-7H2,(H,13,14,15,16). The molecular formula is C12H13N5O2. The summed E-state index contributed by atoms with van der Waals surface area (Å²) in [6.07, 6.45) is 1.93. The van der Waals surface area contributed by atoms with Crippen LogP contribution in [-0.2, 0) is 0 Å². The first-order valence-corrected chi connectivity index (χ1v) is 6.03. The molecule has 98 valence electrons. The number of tetrazole rings is 1. The second-order valence-electron chi connectivity index (χ2n) is 4.48. The molecule has 0 atom stereocenters. The van der Waals surface area contributed by atoms with Gasteiger partial charge in [-0.15, -0.1) is 10.2 Å². The van der Waals surface area contributed by atoms with Crippen LogP contribution >= 0.6 is 0 Å². The summed E-state index contributed by atoms with van der Waals surface area (Å²) >= 11 is 0. The highest BCUT2D eigenvalue weighted by atomic mass is 16.4. The quantitative estimate of drug-likeness (QED) is 0.820. The van der Waals surface area contributed by atoms with E-state index in [4.69, 9.17) is 4.42 Å². The minimum absolute atomic E-state index is 0.129. The lowest BCUT2D eigenvalue weighted by molar-refractivity contribution is 0.0721. The summed E-state index contributed by atoms with van der Waals surface area (Å²) in [4.78, 5) is 14.0. The molecule has 3 heterocycles. The number of hydrogen-bond donors (Lipinski definition) is 1. The molecule has 0 aliphatic carbocycles. The molecule has 3 rings (SSSR count). The van der Waals surface area contributed by atoms with Crippen molar-refractivity contribution in [3.8, 4) is 11.6 Å². The van der Waals surface area contributed by atoms with Crippen LogP contribution in [0.15, 0.2) is 28.7 Å². The van der Waals surface area contributed by atoms with Crippen LogP contribution < -0.4 is 0 Å². The van der Waals surface area contributed by atoms with Gasteiger partial charge >= 0.3 is 0 Å². The molecule has 0 radical (unpaired) electrons. The molecule has 1 amide bonds. The molecule has 2 aromatic heterocycles. The van der Waals surface area contributed by atoms with Crippen molar-refractivity contribution in [3.63, 3.8) is 0 Å². The number of likely N-dealkylation sites (tertiary alicyclic amines) is 1. The Hall–Kier alpha value is -2.44. The van der Waals surface area contributed by atoms with Gasteiger partial charge in [-0.25, -0.2) is 0 Å². The summed E-state index contributed by atoms with van der Waals surface area (Å²) in [5, 5.41) is 13.4. The number of rotatable bonds is 2. The van der Waals surface area contributed by atoms with E-state index < -0.39 is 0 Å². The Morgan fingerprint density at radius 1 is 1.47 bits per heavy atom. The molecule has 1 fully saturated rings. The van der Waals surface area contributed by atoms with Gasteiger partial charge in [-0.1, -0.05) is 12.2 Å². The Bertz CT molecular complexity index is 601. The normalized spacial score (nSPS) is 15.8. The monoisotopic (exact) mass is 259 g/mol. The van der Waals surface area contributed by atoms with Crippen LogP contribution in [0, 0.1) is 0 Å². The van der Waals surface area contributed by atoms with Gasteiger partial charge in [0.2, 0.25) is 5.82 Å². The highest BCUT2D eigenvalue weighted by Gasteiger charge is 2.23. The molecule has 7 heteroatoms. The first kappa shape index (κ1) is 11.6. The van der Waals surface area contributed by atoms with E-state index >= 15 is 0 Å². The largest absolute Gasteiger partial charge is 0.447 e. The molecule has 0 saturated carbocycles. The van der Waals surface area contributed by atoms with Crippen LogP contribution in [0.25, 0.3) is 11.6 Å². The van der Waals surface area contributed by atoms with E-state index in [-0.39, 0.29) is 11.7 Å². The van der Waals surface area contributed by atoms with E-state index in [1.165, 1.54) is 0 Å². The highest BCUT2D eigenvalue weighted by molar-refractivity contribution is 5.92. The minimum atomic E-state index is -0.129. The molecule has 0 unspecified atom stereocenters. The van der Waals surface area contributed by atoms with E-state index in [1.807, 2.05) is 0 Å². The third-order valence-corrected chi connectivity index (χ3v) is 3.04. The second kappa shape index (κ2) is 4.68. The Morgan fingerprint density at radius 2 is 2.37 bits per heavy atom. The molecule has 19 heavy (non-hydrogen) atoms.